The number of rotatable bonds is 6. The molecule has 0 aliphatic carbocycles. The summed E-state index contributed by atoms with van der Waals surface area (Å²) >= 11 is 0. The minimum atomic E-state index is -0.461. The highest BCUT2D eigenvalue weighted by Gasteiger charge is 2.30. The van der Waals surface area contributed by atoms with Crippen LogP contribution in [0.4, 0.5) is 0 Å². The fourth-order valence-electron chi connectivity index (χ4n) is 2.97. The summed E-state index contributed by atoms with van der Waals surface area (Å²) in [6.07, 6.45) is -0.230. The molecule has 0 aromatic heterocycles. The highest BCUT2D eigenvalue weighted by molar-refractivity contribution is 5.77. The molecule has 1 heterocycles. The standard InChI is InChI=1S/C20H22O5/c1-4-23-17-10-14-11-19(21)25-20(16(14)12-18(17)24-5-2)13-6-8-15(22-3)9-7-13/h6-10,12,20H,4-5,11H2,1-3H3/t20-/m0/s1. The number of carbonyl (C=O) groups excluding carboxylic acids is 1. The lowest BCUT2D eigenvalue weighted by Crippen LogP contribution is -2.22. The van der Waals surface area contributed by atoms with Crippen LogP contribution < -0.4 is 14.2 Å². The van der Waals surface area contributed by atoms with Crippen molar-refractivity contribution in [1.29, 1.82) is 0 Å². The Bertz CT molecular complexity index is 751. The number of benzene rings is 2. The molecule has 0 saturated heterocycles. The van der Waals surface area contributed by atoms with Crippen LogP contribution in [0.15, 0.2) is 36.4 Å². The molecule has 132 valence electrons. The van der Waals surface area contributed by atoms with Gasteiger partial charge in [0, 0.05) is 5.56 Å². The molecule has 2 aromatic carbocycles. The second kappa shape index (κ2) is 7.47. The van der Waals surface area contributed by atoms with Crippen molar-refractivity contribution in [2.45, 2.75) is 26.4 Å². The van der Waals surface area contributed by atoms with Crippen LogP contribution in [0.25, 0.3) is 0 Å². The molecular formula is C20H22O5. The fourth-order valence-corrected chi connectivity index (χ4v) is 2.97. The smallest absolute Gasteiger partial charge is 0.311 e. The molecule has 5 nitrogen and oxygen atoms in total. The number of esters is 1. The number of hydrogen-bond donors (Lipinski definition) is 0. The first-order valence-corrected chi connectivity index (χ1v) is 8.42. The lowest BCUT2D eigenvalue weighted by atomic mass is 9.92. The minimum absolute atomic E-state index is 0.231. The summed E-state index contributed by atoms with van der Waals surface area (Å²) in [5, 5.41) is 0. The van der Waals surface area contributed by atoms with Crippen LogP contribution in [0.2, 0.25) is 0 Å². The normalized spacial score (nSPS) is 16.0. The van der Waals surface area contributed by atoms with Crippen molar-refractivity contribution in [3.05, 3.63) is 53.1 Å². The second-order valence-corrected chi connectivity index (χ2v) is 5.68. The molecule has 1 aliphatic rings. The lowest BCUT2D eigenvalue weighted by molar-refractivity contribution is -0.148. The van der Waals surface area contributed by atoms with E-state index in [1.54, 1.807) is 7.11 Å². The van der Waals surface area contributed by atoms with Gasteiger partial charge < -0.3 is 18.9 Å². The quantitative estimate of drug-likeness (QED) is 0.750. The van der Waals surface area contributed by atoms with E-state index >= 15 is 0 Å². The third-order valence-corrected chi connectivity index (χ3v) is 4.09. The monoisotopic (exact) mass is 342 g/mol. The van der Waals surface area contributed by atoms with Crippen LogP contribution in [-0.4, -0.2) is 26.3 Å². The maximum atomic E-state index is 12.1. The molecule has 0 unspecified atom stereocenters. The van der Waals surface area contributed by atoms with Gasteiger partial charge in [0.1, 0.15) is 5.75 Å². The van der Waals surface area contributed by atoms with Crippen LogP contribution in [-0.2, 0) is 16.0 Å². The summed E-state index contributed by atoms with van der Waals surface area (Å²) < 4.78 is 22.2. The summed E-state index contributed by atoms with van der Waals surface area (Å²) in [5.74, 6) is 1.83. The van der Waals surface area contributed by atoms with Crippen LogP contribution in [0.3, 0.4) is 0 Å². The zero-order valence-corrected chi connectivity index (χ0v) is 14.7. The van der Waals surface area contributed by atoms with Crippen molar-refractivity contribution in [2.24, 2.45) is 0 Å². The maximum Gasteiger partial charge on any atom is 0.311 e. The fraction of sp³-hybridized carbons (Fsp3) is 0.350. The van der Waals surface area contributed by atoms with Gasteiger partial charge in [-0.2, -0.15) is 0 Å². The Morgan fingerprint density at radius 3 is 2.28 bits per heavy atom. The Hall–Kier alpha value is -2.69. The molecule has 0 bridgehead atoms. The molecule has 5 heteroatoms. The largest absolute Gasteiger partial charge is 0.497 e. The van der Waals surface area contributed by atoms with Crippen molar-refractivity contribution in [3.63, 3.8) is 0 Å². The average molecular weight is 342 g/mol. The molecule has 2 aromatic rings. The first-order valence-electron chi connectivity index (χ1n) is 8.42. The third kappa shape index (κ3) is 3.55. The number of ether oxygens (including phenoxy) is 4. The Kier molecular flexibility index (Phi) is 5.12. The maximum absolute atomic E-state index is 12.1. The molecule has 0 saturated carbocycles. The molecular weight excluding hydrogens is 320 g/mol. The molecule has 0 N–H and O–H groups in total. The molecule has 1 atom stereocenters. The van der Waals surface area contributed by atoms with E-state index in [2.05, 4.69) is 0 Å². The number of methoxy groups -OCH3 is 1. The predicted octanol–water partition coefficient (Wildman–Crippen LogP) is 3.68. The summed E-state index contributed by atoms with van der Waals surface area (Å²) in [4.78, 5) is 12.1. The van der Waals surface area contributed by atoms with Gasteiger partial charge in [0.2, 0.25) is 0 Å². The van der Waals surface area contributed by atoms with Crippen LogP contribution >= 0.6 is 0 Å². The van der Waals surface area contributed by atoms with Crippen molar-refractivity contribution < 1.29 is 23.7 Å². The van der Waals surface area contributed by atoms with E-state index in [1.165, 1.54) is 0 Å². The van der Waals surface area contributed by atoms with Crippen LogP contribution in [0.5, 0.6) is 17.2 Å². The molecule has 0 amide bonds. The van der Waals surface area contributed by atoms with Gasteiger partial charge in [-0.25, -0.2) is 0 Å². The molecule has 25 heavy (non-hydrogen) atoms. The summed E-state index contributed by atoms with van der Waals surface area (Å²) in [5.41, 5.74) is 2.72. The third-order valence-electron chi connectivity index (χ3n) is 4.09. The van der Waals surface area contributed by atoms with Crippen molar-refractivity contribution in [2.75, 3.05) is 20.3 Å². The molecule has 0 radical (unpaired) electrons. The average Bonchev–Trinajstić information content (AvgIpc) is 2.62. The summed E-state index contributed by atoms with van der Waals surface area (Å²) in [6, 6.07) is 11.3. The predicted molar refractivity (Wildman–Crippen MR) is 93.4 cm³/mol. The zero-order chi connectivity index (χ0) is 17.8. The number of hydrogen-bond acceptors (Lipinski definition) is 5. The van der Waals surface area contributed by atoms with Gasteiger partial charge in [-0.15, -0.1) is 0 Å². The SMILES string of the molecule is CCOc1cc2c(cc1OCC)[C@H](c1ccc(OC)cc1)OC(=O)C2. The topological polar surface area (TPSA) is 54.0 Å². The van der Waals surface area contributed by atoms with E-state index in [9.17, 15) is 4.79 Å². The summed E-state index contributed by atoms with van der Waals surface area (Å²) in [7, 11) is 1.62. The van der Waals surface area contributed by atoms with E-state index in [0.717, 1.165) is 22.4 Å². The van der Waals surface area contributed by atoms with E-state index in [0.29, 0.717) is 24.7 Å². The van der Waals surface area contributed by atoms with Gasteiger partial charge in [-0.1, -0.05) is 12.1 Å². The van der Waals surface area contributed by atoms with E-state index in [1.807, 2.05) is 50.2 Å². The lowest BCUT2D eigenvalue weighted by Gasteiger charge is -2.27. The van der Waals surface area contributed by atoms with E-state index in [-0.39, 0.29) is 12.4 Å². The zero-order valence-electron chi connectivity index (χ0n) is 14.7. The van der Waals surface area contributed by atoms with Crippen LogP contribution in [0, 0.1) is 0 Å². The van der Waals surface area contributed by atoms with Crippen molar-refractivity contribution >= 4 is 5.97 Å². The first-order chi connectivity index (χ1) is 12.2. The van der Waals surface area contributed by atoms with Crippen molar-refractivity contribution in [1.82, 2.24) is 0 Å². The van der Waals surface area contributed by atoms with Gasteiger partial charge in [0.25, 0.3) is 0 Å². The number of cyclic esters (lactones) is 1. The number of carbonyl (C=O) groups is 1. The van der Waals surface area contributed by atoms with Gasteiger partial charge >= 0.3 is 5.97 Å². The van der Waals surface area contributed by atoms with E-state index < -0.39 is 6.10 Å². The summed E-state index contributed by atoms with van der Waals surface area (Å²) in [6.45, 7) is 4.91. The first kappa shape index (κ1) is 17.1. The highest BCUT2D eigenvalue weighted by Crippen LogP contribution is 2.40. The highest BCUT2D eigenvalue weighted by atomic mass is 16.5. The minimum Gasteiger partial charge on any atom is -0.497 e. The molecule has 0 fully saturated rings. The second-order valence-electron chi connectivity index (χ2n) is 5.68. The molecule has 0 spiro atoms. The Morgan fingerprint density at radius 2 is 1.68 bits per heavy atom. The van der Waals surface area contributed by atoms with Crippen LogP contribution in [0.1, 0.15) is 36.6 Å². The Morgan fingerprint density at radius 1 is 1.04 bits per heavy atom. The Balaban J connectivity index is 2.05. The van der Waals surface area contributed by atoms with Gasteiger partial charge in [0.05, 0.1) is 26.7 Å². The Labute approximate surface area is 147 Å². The number of fused-ring (bicyclic) bond motifs is 1. The van der Waals surface area contributed by atoms with E-state index in [4.69, 9.17) is 18.9 Å². The van der Waals surface area contributed by atoms with Gasteiger partial charge in [-0.05, 0) is 49.2 Å². The molecule has 3 rings (SSSR count). The van der Waals surface area contributed by atoms with Crippen molar-refractivity contribution in [3.8, 4) is 17.2 Å². The van der Waals surface area contributed by atoms with Gasteiger partial charge in [-0.3, -0.25) is 4.79 Å². The van der Waals surface area contributed by atoms with Gasteiger partial charge in [0.15, 0.2) is 17.6 Å². The molecule has 1 aliphatic heterocycles.